The maximum Gasteiger partial charge on any atom is 0.253 e. The first-order valence-electron chi connectivity index (χ1n) is 6.96. The normalized spacial score (nSPS) is 16.2. The van der Waals surface area contributed by atoms with Crippen LogP contribution in [-0.4, -0.2) is 58.7 Å². The van der Waals surface area contributed by atoms with E-state index in [1.807, 2.05) is 7.05 Å². The van der Waals surface area contributed by atoms with Crippen LogP contribution in [0.25, 0.3) is 0 Å². The number of anilines is 1. The lowest BCUT2D eigenvalue weighted by molar-refractivity contribution is 0.0797. The van der Waals surface area contributed by atoms with E-state index in [4.69, 9.17) is 0 Å². The predicted octanol–water partition coefficient (Wildman–Crippen LogP) is 0.940. The highest BCUT2D eigenvalue weighted by Crippen LogP contribution is 2.24. The van der Waals surface area contributed by atoms with Crippen molar-refractivity contribution in [1.29, 1.82) is 0 Å². The summed E-state index contributed by atoms with van der Waals surface area (Å²) in [6.07, 6.45) is 0.649. The fraction of sp³-hybridized carbons (Fsp3) is 0.500. The Bertz CT molecular complexity index is 604. The molecule has 1 aliphatic rings. The van der Waals surface area contributed by atoms with Crippen LogP contribution < -0.4 is 9.62 Å². The van der Waals surface area contributed by atoms with Crippen molar-refractivity contribution in [1.82, 2.24) is 10.2 Å². The molecule has 8 heteroatoms. The average Bonchev–Trinajstić information content (AvgIpc) is 2.83. The number of carbonyl (C=O) groups excluding carboxylic acids is 1. The molecule has 1 fully saturated rings. The van der Waals surface area contributed by atoms with Gasteiger partial charge >= 0.3 is 0 Å². The number of hydrogen-bond donors (Lipinski definition) is 1. The number of sulfonamides is 1. The van der Waals surface area contributed by atoms with Crippen molar-refractivity contribution >= 4 is 34.0 Å². The summed E-state index contributed by atoms with van der Waals surface area (Å²) < 4.78 is 25.1. The summed E-state index contributed by atoms with van der Waals surface area (Å²) in [5.41, 5.74) is 1.19. The first kappa shape index (κ1) is 18.7. The van der Waals surface area contributed by atoms with Gasteiger partial charge < -0.3 is 10.2 Å². The highest BCUT2D eigenvalue weighted by Gasteiger charge is 2.28. The minimum Gasteiger partial charge on any atom is -0.340 e. The number of nitrogens with one attached hydrogen (secondary N) is 1. The number of amides is 1. The van der Waals surface area contributed by atoms with Crippen LogP contribution in [0.3, 0.4) is 0 Å². The molecule has 0 saturated carbocycles. The lowest BCUT2D eigenvalue weighted by atomic mass is 10.2. The Kier molecular flexibility index (Phi) is 6.65. The monoisotopic (exact) mass is 347 g/mol. The van der Waals surface area contributed by atoms with Crippen molar-refractivity contribution in [3.05, 3.63) is 29.8 Å². The largest absolute Gasteiger partial charge is 0.340 e. The van der Waals surface area contributed by atoms with Crippen molar-refractivity contribution in [3.8, 4) is 0 Å². The van der Waals surface area contributed by atoms with Crippen molar-refractivity contribution in [3.63, 3.8) is 0 Å². The summed E-state index contributed by atoms with van der Waals surface area (Å²) in [5.74, 6) is 0.126. The van der Waals surface area contributed by atoms with E-state index in [1.165, 1.54) is 4.31 Å². The Morgan fingerprint density at radius 2 is 1.95 bits per heavy atom. The molecule has 0 bridgehead atoms. The van der Waals surface area contributed by atoms with Gasteiger partial charge in [0.05, 0.1) is 11.4 Å². The number of benzene rings is 1. The van der Waals surface area contributed by atoms with Gasteiger partial charge in [-0.25, -0.2) is 8.42 Å². The predicted molar refractivity (Wildman–Crippen MR) is 90.3 cm³/mol. The molecule has 0 atom stereocenters. The lowest BCUT2D eigenvalue weighted by Crippen LogP contribution is -2.32. The van der Waals surface area contributed by atoms with E-state index >= 15 is 0 Å². The van der Waals surface area contributed by atoms with Crippen molar-refractivity contribution in [2.75, 3.05) is 43.8 Å². The molecular formula is C14H22ClN3O3S. The van der Waals surface area contributed by atoms with E-state index in [-0.39, 0.29) is 24.1 Å². The smallest absolute Gasteiger partial charge is 0.253 e. The first-order valence-corrected chi connectivity index (χ1v) is 8.57. The van der Waals surface area contributed by atoms with Gasteiger partial charge in [-0.1, -0.05) is 0 Å². The number of rotatable bonds is 5. The van der Waals surface area contributed by atoms with Gasteiger partial charge in [0.2, 0.25) is 10.0 Å². The van der Waals surface area contributed by atoms with Gasteiger partial charge in [-0.05, 0) is 37.7 Å². The fourth-order valence-electron chi connectivity index (χ4n) is 2.30. The van der Waals surface area contributed by atoms with Gasteiger partial charge in [0, 0.05) is 32.2 Å². The molecule has 0 radical (unpaired) electrons. The van der Waals surface area contributed by atoms with Crippen LogP contribution in [0.1, 0.15) is 16.8 Å². The molecule has 0 unspecified atom stereocenters. The minimum absolute atomic E-state index is 0. The lowest BCUT2D eigenvalue weighted by Gasteiger charge is -2.19. The molecule has 6 nitrogen and oxygen atoms in total. The summed E-state index contributed by atoms with van der Waals surface area (Å²) in [5, 5.41) is 2.99. The number of hydrogen-bond acceptors (Lipinski definition) is 4. The maximum absolute atomic E-state index is 12.2. The second-order valence-corrected chi connectivity index (χ2v) is 7.13. The van der Waals surface area contributed by atoms with E-state index in [9.17, 15) is 13.2 Å². The second kappa shape index (κ2) is 7.80. The Balaban J connectivity index is 0.00000242. The van der Waals surface area contributed by atoms with Crippen LogP contribution in [0.4, 0.5) is 5.69 Å². The minimum atomic E-state index is -3.17. The SMILES string of the molecule is CNCCN(C)C(=O)c1ccc(N2CCCS2(=O)=O)cc1.Cl. The van der Waals surface area contributed by atoms with E-state index in [1.54, 1.807) is 36.2 Å². The zero-order chi connectivity index (χ0) is 15.5. The Morgan fingerprint density at radius 3 is 2.45 bits per heavy atom. The quantitative estimate of drug-likeness (QED) is 0.860. The van der Waals surface area contributed by atoms with Crippen LogP contribution in [0.2, 0.25) is 0 Å². The Labute approximate surface area is 137 Å². The molecule has 124 valence electrons. The fourth-order valence-corrected chi connectivity index (χ4v) is 3.87. The van der Waals surface area contributed by atoms with Gasteiger partial charge in [0.25, 0.3) is 5.91 Å². The molecule has 1 aromatic rings. The summed E-state index contributed by atoms with van der Waals surface area (Å²) in [6, 6.07) is 6.76. The second-order valence-electron chi connectivity index (χ2n) is 5.12. The van der Waals surface area contributed by atoms with E-state index in [0.29, 0.717) is 30.8 Å². The van der Waals surface area contributed by atoms with Crippen molar-refractivity contribution in [2.24, 2.45) is 0 Å². The van der Waals surface area contributed by atoms with Gasteiger partial charge in [-0.15, -0.1) is 12.4 Å². The molecule has 1 aliphatic heterocycles. The molecular weight excluding hydrogens is 326 g/mol. The molecule has 0 aliphatic carbocycles. The summed E-state index contributed by atoms with van der Waals surface area (Å²) >= 11 is 0. The van der Waals surface area contributed by atoms with Gasteiger partial charge in [0.1, 0.15) is 0 Å². The highest BCUT2D eigenvalue weighted by atomic mass is 35.5. The average molecular weight is 348 g/mol. The van der Waals surface area contributed by atoms with Crippen LogP contribution in [0, 0.1) is 0 Å². The molecule has 1 saturated heterocycles. The Morgan fingerprint density at radius 1 is 1.32 bits per heavy atom. The van der Waals surface area contributed by atoms with Gasteiger partial charge in [-0.3, -0.25) is 9.10 Å². The van der Waals surface area contributed by atoms with E-state index in [2.05, 4.69) is 5.32 Å². The van der Waals surface area contributed by atoms with Gasteiger partial charge in [-0.2, -0.15) is 0 Å². The number of halogens is 1. The summed E-state index contributed by atoms with van der Waals surface area (Å²) in [7, 11) is 0.414. The topological polar surface area (TPSA) is 69.7 Å². The third kappa shape index (κ3) is 4.12. The maximum atomic E-state index is 12.2. The zero-order valence-corrected chi connectivity index (χ0v) is 14.4. The molecule has 0 spiro atoms. The Hall–Kier alpha value is -1.31. The van der Waals surface area contributed by atoms with Gasteiger partial charge in [0.15, 0.2) is 0 Å². The number of likely N-dealkylation sites (N-methyl/N-ethyl adjacent to an activating group) is 2. The van der Waals surface area contributed by atoms with Crippen LogP contribution >= 0.6 is 12.4 Å². The summed E-state index contributed by atoms with van der Waals surface area (Å²) in [4.78, 5) is 13.8. The van der Waals surface area contributed by atoms with Crippen molar-refractivity contribution in [2.45, 2.75) is 6.42 Å². The van der Waals surface area contributed by atoms with E-state index < -0.39 is 10.0 Å². The molecule has 2 rings (SSSR count). The van der Waals surface area contributed by atoms with Crippen molar-refractivity contribution < 1.29 is 13.2 Å². The number of nitrogens with zero attached hydrogens (tertiary/aromatic N) is 2. The summed E-state index contributed by atoms with van der Waals surface area (Å²) in [6.45, 7) is 1.86. The third-order valence-electron chi connectivity index (χ3n) is 3.55. The van der Waals surface area contributed by atoms with Crippen LogP contribution in [0.5, 0.6) is 0 Å². The molecule has 0 aromatic heterocycles. The van der Waals surface area contributed by atoms with Crippen LogP contribution in [0.15, 0.2) is 24.3 Å². The standard InChI is InChI=1S/C14H21N3O3S.ClH/c1-15-8-10-16(2)14(18)12-4-6-13(7-5-12)17-9-3-11-21(17,19)20;/h4-7,15H,3,8-11H2,1-2H3;1H. The molecule has 1 heterocycles. The molecule has 1 aromatic carbocycles. The van der Waals surface area contributed by atoms with E-state index in [0.717, 1.165) is 6.54 Å². The number of carbonyl (C=O) groups is 1. The first-order chi connectivity index (χ1) is 9.95. The highest BCUT2D eigenvalue weighted by molar-refractivity contribution is 7.93. The molecule has 1 amide bonds. The molecule has 1 N–H and O–H groups in total. The zero-order valence-electron chi connectivity index (χ0n) is 12.8. The molecule has 22 heavy (non-hydrogen) atoms. The van der Waals surface area contributed by atoms with Crippen LogP contribution in [-0.2, 0) is 10.0 Å². The third-order valence-corrected chi connectivity index (χ3v) is 5.41.